The Morgan fingerprint density at radius 1 is 1.24 bits per heavy atom. The van der Waals surface area contributed by atoms with Gasteiger partial charge in [0.15, 0.2) is 5.65 Å². The van der Waals surface area contributed by atoms with Gasteiger partial charge in [0.25, 0.3) is 0 Å². The van der Waals surface area contributed by atoms with Crippen molar-refractivity contribution < 1.29 is 22.7 Å². The van der Waals surface area contributed by atoms with E-state index in [-0.39, 0.29) is 12.2 Å². The highest BCUT2D eigenvalue weighted by Crippen LogP contribution is 2.31. The van der Waals surface area contributed by atoms with Crippen molar-refractivity contribution in [2.24, 2.45) is 0 Å². The molecule has 4 aromatic rings. The molecule has 0 unspecified atom stereocenters. The van der Waals surface area contributed by atoms with Crippen molar-refractivity contribution in [1.29, 1.82) is 0 Å². The van der Waals surface area contributed by atoms with Crippen LogP contribution in [0.4, 0.5) is 13.2 Å². The number of hydrogen-bond acceptors (Lipinski definition) is 6. The lowest BCUT2D eigenvalue weighted by Crippen LogP contribution is -2.07. The number of carbonyl (C=O) groups is 1. The highest BCUT2D eigenvalue weighted by atomic mass is 32.1. The van der Waals surface area contributed by atoms with Crippen molar-refractivity contribution in [2.45, 2.75) is 19.7 Å². The van der Waals surface area contributed by atoms with Gasteiger partial charge in [-0.15, -0.1) is 11.3 Å². The molecular weight excluding hydrogens is 405 g/mol. The molecule has 0 saturated carbocycles. The lowest BCUT2D eigenvalue weighted by Gasteiger charge is -2.06. The van der Waals surface area contributed by atoms with Crippen LogP contribution in [0.3, 0.4) is 0 Å². The van der Waals surface area contributed by atoms with E-state index in [1.807, 2.05) is 0 Å². The molecule has 0 saturated heterocycles. The first-order chi connectivity index (χ1) is 13.8. The minimum Gasteiger partial charge on any atom is -0.455 e. The Morgan fingerprint density at radius 2 is 2.00 bits per heavy atom. The van der Waals surface area contributed by atoms with Crippen LogP contribution < -0.4 is 0 Å². The summed E-state index contributed by atoms with van der Waals surface area (Å²) in [6.07, 6.45) is -1.14. The third kappa shape index (κ3) is 3.83. The number of hydrogen-bond donors (Lipinski definition) is 0. The van der Waals surface area contributed by atoms with Crippen molar-refractivity contribution in [3.8, 4) is 10.6 Å². The SMILES string of the molecule is Cc1nn2cccnc2c1C(=O)OCc1csc(-c2ccc(C(F)(F)F)cc2)n1. The second kappa shape index (κ2) is 7.28. The molecule has 6 nitrogen and oxygen atoms in total. The molecule has 4 rings (SSSR count). The van der Waals surface area contributed by atoms with E-state index in [4.69, 9.17) is 4.74 Å². The Balaban J connectivity index is 1.47. The van der Waals surface area contributed by atoms with Crippen molar-refractivity contribution in [2.75, 3.05) is 0 Å². The minimum absolute atomic E-state index is 0.0699. The van der Waals surface area contributed by atoms with E-state index in [1.54, 1.807) is 30.8 Å². The number of ether oxygens (including phenoxy) is 1. The average Bonchev–Trinajstić information content (AvgIpc) is 3.29. The normalized spacial score (nSPS) is 11.7. The van der Waals surface area contributed by atoms with Crippen molar-refractivity contribution in [3.63, 3.8) is 0 Å². The van der Waals surface area contributed by atoms with E-state index >= 15 is 0 Å². The van der Waals surface area contributed by atoms with Crippen LogP contribution in [-0.4, -0.2) is 25.6 Å². The zero-order valence-corrected chi connectivity index (χ0v) is 15.8. The molecule has 29 heavy (non-hydrogen) atoms. The maximum Gasteiger partial charge on any atom is 0.416 e. The van der Waals surface area contributed by atoms with E-state index in [2.05, 4.69) is 15.1 Å². The molecule has 0 radical (unpaired) electrons. The van der Waals surface area contributed by atoms with E-state index in [1.165, 1.54) is 28.0 Å². The molecule has 0 fully saturated rings. The summed E-state index contributed by atoms with van der Waals surface area (Å²) in [5.74, 6) is -0.569. The summed E-state index contributed by atoms with van der Waals surface area (Å²) >= 11 is 1.26. The molecule has 0 atom stereocenters. The van der Waals surface area contributed by atoms with E-state index in [0.29, 0.717) is 27.6 Å². The van der Waals surface area contributed by atoms with E-state index in [0.717, 1.165) is 12.1 Å². The number of halogens is 3. The fourth-order valence-corrected chi connectivity index (χ4v) is 3.57. The van der Waals surface area contributed by atoms with Crippen LogP contribution in [0.2, 0.25) is 0 Å². The van der Waals surface area contributed by atoms with Gasteiger partial charge >= 0.3 is 12.1 Å². The summed E-state index contributed by atoms with van der Waals surface area (Å²) in [6.45, 7) is 1.62. The molecule has 0 aliphatic rings. The van der Waals surface area contributed by atoms with Crippen molar-refractivity contribution in [1.82, 2.24) is 19.6 Å². The first-order valence-corrected chi connectivity index (χ1v) is 9.30. The van der Waals surface area contributed by atoms with Crippen molar-refractivity contribution in [3.05, 3.63) is 70.6 Å². The van der Waals surface area contributed by atoms with Gasteiger partial charge in [0.05, 0.1) is 17.0 Å². The third-order valence-corrected chi connectivity index (χ3v) is 5.08. The van der Waals surface area contributed by atoms with Gasteiger partial charge in [0, 0.05) is 23.3 Å². The number of aromatic nitrogens is 4. The van der Waals surface area contributed by atoms with Gasteiger partial charge in [-0.2, -0.15) is 18.3 Å². The maximum atomic E-state index is 12.7. The quantitative estimate of drug-likeness (QED) is 0.455. The van der Waals surface area contributed by atoms with E-state index < -0.39 is 17.7 Å². The monoisotopic (exact) mass is 418 g/mol. The second-order valence-electron chi connectivity index (χ2n) is 6.14. The van der Waals surface area contributed by atoms with Gasteiger partial charge in [0.2, 0.25) is 0 Å². The average molecular weight is 418 g/mol. The number of alkyl halides is 3. The highest BCUT2D eigenvalue weighted by Gasteiger charge is 2.30. The molecular formula is C19H13F3N4O2S. The number of aryl methyl sites for hydroxylation is 1. The van der Waals surface area contributed by atoms with Crippen LogP contribution >= 0.6 is 11.3 Å². The number of rotatable bonds is 4. The first-order valence-electron chi connectivity index (χ1n) is 8.42. The third-order valence-electron chi connectivity index (χ3n) is 4.14. The Hall–Kier alpha value is -3.27. The van der Waals surface area contributed by atoms with Crippen LogP contribution in [0.5, 0.6) is 0 Å². The van der Waals surface area contributed by atoms with Crippen LogP contribution in [0.1, 0.15) is 27.3 Å². The van der Waals surface area contributed by atoms with Gasteiger partial charge < -0.3 is 4.74 Å². The Morgan fingerprint density at radius 3 is 2.72 bits per heavy atom. The van der Waals surface area contributed by atoms with Gasteiger partial charge in [-0.1, -0.05) is 12.1 Å². The number of esters is 1. The number of fused-ring (bicyclic) bond motifs is 1. The van der Waals surface area contributed by atoms with Crippen LogP contribution in [-0.2, 0) is 17.5 Å². The Bertz CT molecular complexity index is 1180. The summed E-state index contributed by atoms with van der Waals surface area (Å²) in [7, 11) is 0. The zero-order chi connectivity index (χ0) is 20.6. The molecule has 3 aromatic heterocycles. The molecule has 0 amide bonds. The predicted octanol–water partition coefficient (Wildman–Crippen LogP) is 4.54. The molecule has 0 aliphatic carbocycles. The fraction of sp³-hybridized carbons (Fsp3) is 0.158. The summed E-state index contributed by atoms with van der Waals surface area (Å²) < 4.78 is 44.9. The highest BCUT2D eigenvalue weighted by molar-refractivity contribution is 7.13. The smallest absolute Gasteiger partial charge is 0.416 e. The first kappa shape index (κ1) is 19.1. The topological polar surface area (TPSA) is 69.4 Å². The zero-order valence-electron chi connectivity index (χ0n) is 15.0. The molecule has 0 N–H and O–H groups in total. The summed E-state index contributed by atoms with van der Waals surface area (Å²) in [5, 5.41) is 6.45. The predicted molar refractivity (Wildman–Crippen MR) is 99.4 cm³/mol. The Labute approximate surface area is 166 Å². The summed E-state index contributed by atoms with van der Waals surface area (Å²) in [5.41, 5.74) is 1.52. The molecule has 148 valence electrons. The van der Waals surface area contributed by atoms with Gasteiger partial charge in [-0.05, 0) is 25.1 Å². The van der Waals surface area contributed by atoms with E-state index in [9.17, 15) is 18.0 Å². The molecule has 3 heterocycles. The molecule has 0 aliphatic heterocycles. The number of benzene rings is 1. The van der Waals surface area contributed by atoms with Crippen LogP contribution in [0.25, 0.3) is 16.2 Å². The minimum atomic E-state index is -4.38. The Kier molecular flexibility index (Phi) is 4.79. The van der Waals surface area contributed by atoms with Gasteiger partial charge in [-0.3, -0.25) is 0 Å². The maximum absolute atomic E-state index is 12.7. The molecule has 0 spiro atoms. The summed E-state index contributed by atoms with van der Waals surface area (Å²) in [4.78, 5) is 21.0. The summed E-state index contributed by atoms with van der Waals surface area (Å²) in [6, 6.07) is 6.46. The van der Waals surface area contributed by atoms with Crippen LogP contribution in [0, 0.1) is 6.92 Å². The second-order valence-corrected chi connectivity index (χ2v) is 7.00. The van der Waals surface area contributed by atoms with Gasteiger partial charge in [-0.25, -0.2) is 19.3 Å². The number of nitrogens with zero attached hydrogens (tertiary/aromatic N) is 4. The molecule has 10 heteroatoms. The number of thiazole rings is 1. The molecule has 1 aromatic carbocycles. The lowest BCUT2D eigenvalue weighted by molar-refractivity contribution is -0.137. The van der Waals surface area contributed by atoms with Gasteiger partial charge in [0.1, 0.15) is 17.2 Å². The lowest BCUT2D eigenvalue weighted by atomic mass is 10.1. The standard InChI is InChI=1S/C19H13F3N4O2S/c1-11-15(16-23-7-2-8-26(16)25-11)18(27)28-9-14-10-29-17(24-14)12-3-5-13(6-4-12)19(20,21)22/h2-8,10H,9H2,1H3. The largest absolute Gasteiger partial charge is 0.455 e. The van der Waals surface area contributed by atoms with Crippen molar-refractivity contribution >= 4 is 23.0 Å². The molecule has 0 bridgehead atoms. The fourth-order valence-electron chi connectivity index (χ4n) is 2.75. The number of carbonyl (C=O) groups excluding carboxylic acids is 1. The van der Waals surface area contributed by atoms with Crippen LogP contribution in [0.15, 0.2) is 48.1 Å².